The first kappa shape index (κ1) is 83.7. The molecule has 6 aromatic rings. The molecule has 31 heteroatoms. The first-order valence-electron chi connectivity index (χ1n) is 55.8. The standard InChI is InChI=1S/C18H22N2O3.C16H24N2O.2C16H20N2O.C13H17NO3.C9H14O2.C6H4O4S.C5H4BrN.C4H5NO.CH2O2.CH4/c1-22-16(21)14(12-19)18(15-6-2-5-10-20-15)9-11-23-17(13-18)7-3-4-8-17;3*17-10-8-15(14-5-1-4-11-18-14)9-12-19-16(13-15)6-2-3-7-16;1-14-11(12(15)16-2)10-5-8-17-13(9-10)6-3-4-7-13;10-8-3-6-11-9(7-8)4-1-2-5-9;7-3-5-4(1-2-11-5)10-6(8)9;6-5-3-1-2-4-7-5;1-4(6)2-3-5;2-1-3;/h2,5-6,10,14H,3-4,7-9,11,13H2,1H3;1,4-5,11H,2-3,6-10,12-13,17H2;2*1,4-5,11H,2-3,6-9,12-13H2;3-9H2,2H3;1-7H2;1-3H,(H,8,9);1-4H;2H2,1H3;1H,(H,2,3);1H4/b;;;;11-10+;;;;;;/t;2*15-;;;;;;;;/m.11......../s1/i2D,5D,6D,10D;3*1D,4D,5D,11D;;;;1D,2D,3D,4D;;;. The van der Waals surface area contributed by atoms with Crippen molar-refractivity contribution in [3.05, 3.63) is 188 Å². The van der Waals surface area contributed by atoms with Crippen molar-refractivity contribution < 1.29 is 114 Å². The molecule has 732 valence electrons. The second kappa shape index (κ2) is 55.2. The molecule has 12 heterocycles. The topological polar surface area (TPSA) is 433 Å². The van der Waals surface area contributed by atoms with Crippen LogP contribution in [0.15, 0.2) is 149 Å². The maximum absolute atomic E-state index is 12.5. The average molecular weight is 1970 g/mol. The number of Topliss-reactive ketones (excluding diaryl/α,β-unsaturated/α-hetero) is 2. The molecular weight excluding hydrogens is 1820 g/mol. The van der Waals surface area contributed by atoms with Gasteiger partial charge in [-0.05, 0) is 249 Å². The largest absolute Gasteiger partial charge is 0.511 e. The van der Waals surface area contributed by atoms with Gasteiger partial charge in [-0.25, -0.2) is 14.6 Å². The van der Waals surface area contributed by atoms with Gasteiger partial charge in [-0.1, -0.05) is 120 Å². The van der Waals surface area contributed by atoms with Crippen molar-refractivity contribution in [2.45, 2.75) is 326 Å². The number of thiophene rings is 1. The van der Waals surface area contributed by atoms with Crippen LogP contribution in [0.5, 0.6) is 5.75 Å². The number of pyridine rings is 5. The minimum atomic E-state index is -1.41. The lowest BCUT2D eigenvalue weighted by Gasteiger charge is -2.47. The molecule has 6 saturated heterocycles. The Morgan fingerprint density at radius 1 is 0.551 bits per heavy atom. The highest BCUT2D eigenvalue weighted by Gasteiger charge is 2.57. The number of hydrogen-bond acceptors (Lipinski definition) is 27. The summed E-state index contributed by atoms with van der Waals surface area (Å²) in [7, 11) is 2.53. The fourth-order valence-corrected chi connectivity index (χ4v) is 21.9. The number of halogens is 1. The summed E-state index contributed by atoms with van der Waals surface area (Å²) < 4.78 is 205. The van der Waals surface area contributed by atoms with Crippen molar-refractivity contribution in [2.24, 2.45) is 11.7 Å². The molecule has 0 amide bonds. The molecule has 5 atom stereocenters. The summed E-state index contributed by atoms with van der Waals surface area (Å²) in [5.74, 6) is -2.03. The minimum absolute atomic E-state index is 0. The van der Waals surface area contributed by atoms with Gasteiger partial charge in [0.2, 0.25) is 0 Å². The van der Waals surface area contributed by atoms with Gasteiger partial charge in [0.1, 0.15) is 21.0 Å². The number of carbonyl (C=O) groups is 7. The van der Waals surface area contributed by atoms with Crippen LogP contribution < -0.4 is 10.5 Å². The molecule has 12 fully saturated rings. The van der Waals surface area contributed by atoms with Gasteiger partial charge in [-0.2, -0.15) is 21.0 Å². The maximum Gasteiger partial charge on any atom is 0.511 e. The van der Waals surface area contributed by atoms with E-state index >= 15 is 0 Å². The Morgan fingerprint density at radius 3 is 1.34 bits per heavy atom. The van der Waals surface area contributed by atoms with E-state index in [1.165, 1.54) is 52.9 Å². The van der Waals surface area contributed by atoms with Crippen LogP contribution in [-0.2, 0) is 83.5 Å². The van der Waals surface area contributed by atoms with E-state index in [4.69, 9.17) is 93.1 Å². The Hall–Kier alpha value is -10.5. The van der Waals surface area contributed by atoms with Crippen molar-refractivity contribution in [2.75, 3.05) is 60.4 Å². The number of methoxy groups -OCH3 is 2. The molecule has 6 saturated carbocycles. The number of nitrogens with two attached hydrogens (primary N) is 1. The van der Waals surface area contributed by atoms with Crippen LogP contribution in [0.3, 0.4) is 0 Å². The van der Waals surface area contributed by atoms with Crippen molar-refractivity contribution in [3.8, 4) is 30.0 Å². The zero-order chi connectivity index (χ0) is 114. The number of hydrogen-bond donors (Lipinski definition) is 3. The molecule has 3 unspecified atom stereocenters. The predicted molar refractivity (Wildman–Crippen MR) is 515 cm³/mol. The SMILES string of the molecule is C.CC(=O)CC#N.O=C1CCOC2(CCCC2)C1.O=CO.O=Cc1sccc1OC(=O)O.[2H]c1nc(Br)c([2H])c([2H])c1[2H].[2H]c1nc(C2(C(C#N)C(=O)OC)CCOC3(CCCC3)C2)c([2H])c([2H])c1[2H].[2H]c1nc(C2(CC#N)CCOC3(CCCC3)C2)c([2H])c([2H])c1[2H].[2H]c1nc([C@]2(CC#N)CCOC3(CCCC3)C2)c([2H])c([2H])c1[2H].[2H]c1nc([C@]2(CCN)CCOC3(CCCC3)C2)c([2H])c([2H])c1[2H].[C-]#[N+]/C(C(=O)OC)=C1\CCOC2(CCCC2)C1. The lowest BCUT2D eigenvalue weighted by Crippen LogP contribution is -2.52. The van der Waals surface area contributed by atoms with Crippen LogP contribution in [0.4, 0.5) is 4.79 Å². The summed E-state index contributed by atoms with van der Waals surface area (Å²) in [6.07, 6.45) is 31.1. The summed E-state index contributed by atoms with van der Waals surface area (Å²) in [5.41, 5.74) is 3.99. The lowest BCUT2D eigenvalue weighted by molar-refractivity contribution is -0.153. The number of aldehydes is 1. The molecule has 0 aromatic carbocycles. The van der Waals surface area contributed by atoms with E-state index in [1.807, 2.05) is 6.07 Å². The summed E-state index contributed by atoms with van der Waals surface area (Å²) in [6, 6.07) is 5.80. The van der Waals surface area contributed by atoms with Crippen molar-refractivity contribution >= 4 is 69.7 Å². The molecule has 6 aliphatic carbocycles. The molecule has 6 aromatic heterocycles. The van der Waals surface area contributed by atoms with Gasteiger partial charge in [0.15, 0.2) is 18.0 Å². The first-order chi connectivity index (χ1) is 73.6. The Kier molecular flexibility index (Phi) is 34.0. The minimum Gasteiger partial charge on any atom is -0.483 e. The second-order valence-electron chi connectivity index (χ2n) is 35.8. The van der Waals surface area contributed by atoms with E-state index in [2.05, 4.69) is 67.3 Å². The third-order valence-corrected chi connectivity index (χ3v) is 28.5. The summed E-state index contributed by atoms with van der Waals surface area (Å²) in [4.78, 5) is 97.4. The smallest absolute Gasteiger partial charge is 0.483 e. The number of nitriles is 4. The molecule has 6 spiro atoms. The summed E-state index contributed by atoms with van der Waals surface area (Å²) in [5, 5.41) is 52.9. The number of ether oxygens (including phenoxy) is 9. The maximum atomic E-state index is 12.5. The predicted octanol–water partition coefficient (Wildman–Crippen LogP) is 20.7. The van der Waals surface area contributed by atoms with E-state index in [9.17, 15) is 44.6 Å². The average Bonchev–Trinajstić information content (AvgIpc) is 1.21. The quantitative estimate of drug-likeness (QED) is 0.0300. The molecule has 4 N–H and O–H groups in total. The molecule has 0 radical (unpaired) electrons. The number of aromatic nitrogens is 5. The Labute approximate surface area is 842 Å². The molecule has 136 heavy (non-hydrogen) atoms. The molecule has 0 bridgehead atoms. The Bertz CT molecular complexity index is 6130. The second-order valence-corrected chi connectivity index (χ2v) is 37.5. The highest BCUT2D eigenvalue weighted by atomic mass is 79.9. The molecule has 6 aliphatic heterocycles. The Balaban J connectivity index is 0.000000217. The van der Waals surface area contributed by atoms with Gasteiger partial charge in [0.25, 0.3) is 12.2 Å². The zero-order valence-corrected chi connectivity index (χ0v) is 79.3. The number of carbonyl (C=O) groups excluding carboxylic acids is 5. The number of esters is 2. The van der Waals surface area contributed by atoms with Gasteiger partial charge < -0.3 is 58.6 Å². The number of carboxylic acid groups (broad SMARTS) is 2. The van der Waals surface area contributed by atoms with Crippen LogP contribution in [0.25, 0.3) is 4.85 Å². The van der Waals surface area contributed by atoms with E-state index < -0.39 is 69.5 Å². The molecule has 18 rings (SSSR count). The third-order valence-electron chi connectivity index (χ3n) is 27.3. The third kappa shape index (κ3) is 31.0. The van der Waals surface area contributed by atoms with Gasteiger partial charge in [0.05, 0.1) is 119 Å². The lowest BCUT2D eigenvalue weighted by atomic mass is 9.63. The highest BCUT2D eigenvalue weighted by molar-refractivity contribution is 9.10. The fourth-order valence-electron chi connectivity index (χ4n) is 21.1. The summed E-state index contributed by atoms with van der Waals surface area (Å²) in [6.45, 7) is 11.9. The van der Waals surface area contributed by atoms with Crippen molar-refractivity contribution in [3.63, 3.8) is 0 Å². The van der Waals surface area contributed by atoms with Gasteiger partial charge >= 0.3 is 18.1 Å². The normalized spacial score (nSPS) is 26.1. The Morgan fingerprint density at radius 2 is 0.941 bits per heavy atom. The van der Waals surface area contributed by atoms with Gasteiger partial charge in [0, 0.05) is 134 Å². The van der Waals surface area contributed by atoms with Crippen LogP contribution >= 0.6 is 27.3 Å². The first-order valence-corrected chi connectivity index (χ1v) is 47.5. The van der Waals surface area contributed by atoms with E-state index in [0.29, 0.717) is 140 Å². The van der Waals surface area contributed by atoms with Crippen LogP contribution in [0.1, 0.15) is 331 Å². The number of ketones is 2. The fraction of sp³-hybridized carbons (Fsp3) is 0.590. The van der Waals surface area contributed by atoms with Crippen molar-refractivity contribution in [1.29, 1.82) is 21.0 Å². The van der Waals surface area contributed by atoms with E-state index in [0.717, 1.165) is 158 Å². The van der Waals surface area contributed by atoms with Gasteiger partial charge in [-0.15, -0.1) is 11.3 Å². The van der Waals surface area contributed by atoms with E-state index in [-0.39, 0.29) is 203 Å². The summed E-state index contributed by atoms with van der Waals surface area (Å²) >= 11 is 4.04. The van der Waals surface area contributed by atoms with Crippen LogP contribution in [-0.4, -0.2) is 172 Å². The highest BCUT2D eigenvalue weighted by Crippen LogP contribution is 2.55. The van der Waals surface area contributed by atoms with Crippen LogP contribution in [0, 0.1) is 57.8 Å². The van der Waals surface area contributed by atoms with Crippen molar-refractivity contribution in [1.82, 2.24) is 24.9 Å². The van der Waals surface area contributed by atoms with Gasteiger partial charge in [-0.3, -0.25) is 48.7 Å². The molecule has 29 nitrogen and oxygen atoms in total. The molecule has 12 aliphatic rings. The van der Waals surface area contributed by atoms with E-state index in [1.54, 1.807) is 11.4 Å². The number of nitrogens with zero attached hydrogens (tertiary/aromatic N) is 10. The molecular formula is C105H136BrN11O18S. The van der Waals surface area contributed by atoms with Crippen LogP contribution in [0.2, 0.25) is 0 Å². The zero-order valence-electron chi connectivity index (χ0n) is 96.9. The monoisotopic (exact) mass is 1970 g/mol. The number of rotatable bonds is 14.